The number of benzene rings is 1. The van der Waals surface area contributed by atoms with E-state index in [-0.39, 0.29) is 0 Å². The summed E-state index contributed by atoms with van der Waals surface area (Å²) < 4.78 is 0. The van der Waals surface area contributed by atoms with Gasteiger partial charge in [0.05, 0.1) is 6.20 Å². The minimum absolute atomic E-state index is 0.682. The summed E-state index contributed by atoms with van der Waals surface area (Å²) in [6.07, 6.45) is 11.4. The van der Waals surface area contributed by atoms with Crippen LogP contribution < -0.4 is 10.2 Å². The predicted molar refractivity (Wildman–Crippen MR) is 96.6 cm³/mol. The highest BCUT2D eigenvalue weighted by Gasteiger charge is 2.22. The Balaban J connectivity index is 1.42. The summed E-state index contributed by atoms with van der Waals surface area (Å²) >= 11 is 0. The average molecular weight is 321 g/mol. The number of rotatable bonds is 5. The van der Waals surface area contributed by atoms with Crippen molar-refractivity contribution in [1.29, 1.82) is 0 Å². The molecule has 5 nitrogen and oxygen atoms in total. The van der Waals surface area contributed by atoms with Crippen LogP contribution in [0.25, 0.3) is 0 Å². The summed E-state index contributed by atoms with van der Waals surface area (Å²) in [5, 5.41) is 11.8. The highest BCUT2D eigenvalue weighted by Crippen LogP contribution is 2.32. The molecule has 5 heteroatoms. The second-order valence-corrected chi connectivity index (χ2v) is 6.46. The van der Waals surface area contributed by atoms with Gasteiger partial charge in [0.2, 0.25) is 0 Å². The summed E-state index contributed by atoms with van der Waals surface area (Å²) in [6, 6.07) is 8.44. The predicted octanol–water partition coefficient (Wildman–Crippen LogP) is 3.87. The zero-order valence-corrected chi connectivity index (χ0v) is 13.9. The van der Waals surface area contributed by atoms with E-state index < -0.39 is 0 Å². The zero-order valence-electron chi connectivity index (χ0n) is 13.9. The van der Waals surface area contributed by atoms with E-state index in [0.717, 1.165) is 31.7 Å². The Labute approximate surface area is 142 Å². The average Bonchev–Trinajstić information content (AvgIpc) is 3.07. The molecular formula is C19H23N5. The third-order valence-corrected chi connectivity index (χ3v) is 4.81. The Morgan fingerprint density at radius 1 is 1.12 bits per heavy atom. The maximum atomic E-state index is 4.66. The first-order chi connectivity index (χ1) is 11.9. The lowest BCUT2D eigenvalue weighted by Gasteiger charge is -2.17. The number of allylic oxidation sites excluding steroid dienone is 1. The zero-order chi connectivity index (χ0) is 16.2. The van der Waals surface area contributed by atoms with Crippen molar-refractivity contribution in [2.75, 3.05) is 23.3 Å². The molecule has 0 unspecified atom stereocenters. The largest absolute Gasteiger partial charge is 0.368 e. The van der Waals surface area contributed by atoms with Crippen molar-refractivity contribution in [1.82, 2.24) is 15.2 Å². The Kier molecular flexibility index (Phi) is 4.40. The molecule has 0 saturated heterocycles. The van der Waals surface area contributed by atoms with Crippen molar-refractivity contribution in [2.24, 2.45) is 0 Å². The Morgan fingerprint density at radius 2 is 2.08 bits per heavy atom. The van der Waals surface area contributed by atoms with E-state index in [4.69, 9.17) is 0 Å². The number of hydrogen-bond donors (Lipinski definition) is 1. The highest BCUT2D eigenvalue weighted by molar-refractivity contribution is 5.65. The van der Waals surface area contributed by atoms with Crippen molar-refractivity contribution < 1.29 is 0 Å². The van der Waals surface area contributed by atoms with E-state index in [9.17, 15) is 0 Å². The molecule has 0 saturated carbocycles. The molecule has 24 heavy (non-hydrogen) atoms. The topological polar surface area (TPSA) is 53.9 Å². The fourth-order valence-electron chi connectivity index (χ4n) is 3.52. The van der Waals surface area contributed by atoms with Crippen LogP contribution in [0.3, 0.4) is 0 Å². The number of hydrogen-bond acceptors (Lipinski definition) is 5. The number of fused-ring (bicyclic) bond motifs is 1. The molecule has 124 valence electrons. The summed E-state index contributed by atoms with van der Waals surface area (Å²) in [5.74, 6) is 1.49. The van der Waals surface area contributed by atoms with E-state index in [0.29, 0.717) is 5.95 Å². The van der Waals surface area contributed by atoms with Gasteiger partial charge in [-0.3, -0.25) is 0 Å². The second kappa shape index (κ2) is 6.99. The van der Waals surface area contributed by atoms with Crippen molar-refractivity contribution in [3.05, 3.63) is 47.7 Å². The fourth-order valence-corrected chi connectivity index (χ4v) is 3.52. The Morgan fingerprint density at radius 3 is 3.00 bits per heavy atom. The van der Waals surface area contributed by atoms with Crippen LogP contribution in [0.15, 0.2) is 42.1 Å². The van der Waals surface area contributed by atoms with Crippen LogP contribution >= 0.6 is 0 Å². The van der Waals surface area contributed by atoms with E-state index >= 15 is 0 Å². The summed E-state index contributed by atoms with van der Waals surface area (Å²) in [4.78, 5) is 6.81. The van der Waals surface area contributed by atoms with Gasteiger partial charge in [0.25, 0.3) is 5.95 Å². The van der Waals surface area contributed by atoms with Crippen molar-refractivity contribution >= 4 is 17.5 Å². The van der Waals surface area contributed by atoms with Crippen molar-refractivity contribution in [3.63, 3.8) is 0 Å². The fraction of sp³-hybridized carbons (Fsp3) is 0.421. The molecule has 0 bridgehead atoms. The summed E-state index contributed by atoms with van der Waals surface area (Å²) in [5.41, 5.74) is 4.12. The lowest BCUT2D eigenvalue weighted by Crippen LogP contribution is -2.18. The quantitative estimate of drug-likeness (QED) is 0.847. The molecule has 2 heterocycles. The minimum Gasteiger partial charge on any atom is -0.368 e. The molecular weight excluding hydrogens is 298 g/mol. The number of anilines is 3. The Bertz CT molecular complexity index is 740. The third-order valence-electron chi connectivity index (χ3n) is 4.81. The van der Waals surface area contributed by atoms with Gasteiger partial charge < -0.3 is 10.2 Å². The molecule has 1 aliphatic carbocycles. The maximum Gasteiger partial charge on any atom is 0.251 e. The first kappa shape index (κ1) is 15.1. The molecule has 0 spiro atoms. The van der Waals surface area contributed by atoms with Crippen LogP contribution in [-0.2, 0) is 6.42 Å². The van der Waals surface area contributed by atoms with E-state index in [1.54, 1.807) is 11.8 Å². The van der Waals surface area contributed by atoms with Gasteiger partial charge in [-0.25, -0.2) is 0 Å². The number of aromatic nitrogens is 3. The second-order valence-electron chi connectivity index (χ2n) is 6.46. The molecule has 0 amide bonds. The molecule has 1 aliphatic heterocycles. The lowest BCUT2D eigenvalue weighted by atomic mass is 9.97. The molecule has 0 radical (unpaired) electrons. The Hall–Kier alpha value is -2.43. The molecule has 2 aliphatic rings. The third kappa shape index (κ3) is 3.25. The van der Waals surface area contributed by atoms with Gasteiger partial charge in [0.1, 0.15) is 0 Å². The number of para-hydroxylation sites is 1. The monoisotopic (exact) mass is 321 g/mol. The van der Waals surface area contributed by atoms with Gasteiger partial charge in [-0.2, -0.15) is 10.1 Å². The smallest absolute Gasteiger partial charge is 0.251 e. The molecule has 2 aromatic rings. The van der Waals surface area contributed by atoms with Gasteiger partial charge in [-0.05, 0) is 50.2 Å². The van der Waals surface area contributed by atoms with Gasteiger partial charge >= 0.3 is 0 Å². The van der Waals surface area contributed by atoms with E-state index in [1.165, 1.54) is 36.9 Å². The lowest BCUT2D eigenvalue weighted by molar-refractivity contribution is 0.679. The van der Waals surface area contributed by atoms with Gasteiger partial charge in [-0.1, -0.05) is 29.8 Å². The molecule has 0 atom stereocenters. The SMILES string of the molecule is C1=C(CCNc2cnnc(N3CCc4ccccc43)n2)CCCC1. The van der Waals surface area contributed by atoms with Crippen LogP contribution in [-0.4, -0.2) is 28.3 Å². The van der Waals surface area contributed by atoms with Crippen LogP contribution in [0.2, 0.25) is 0 Å². The van der Waals surface area contributed by atoms with Gasteiger partial charge in [0.15, 0.2) is 5.82 Å². The standard InChI is InChI=1S/C19H23N5/c1-2-6-15(7-3-1)10-12-20-18-14-21-23-19(22-18)24-13-11-16-8-4-5-9-17(16)24/h4-6,8-9,14H,1-3,7,10-13H2,(H,20,22,23). The van der Waals surface area contributed by atoms with Crippen LogP contribution in [0.5, 0.6) is 0 Å². The van der Waals surface area contributed by atoms with Crippen molar-refractivity contribution in [3.8, 4) is 0 Å². The maximum absolute atomic E-state index is 4.66. The van der Waals surface area contributed by atoms with Crippen molar-refractivity contribution in [2.45, 2.75) is 38.5 Å². The highest BCUT2D eigenvalue weighted by atomic mass is 15.3. The van der Waals surface area contributed by atoms with Gasteiger partial charge in [-0.15, -0.1) is 5.10 Å². The van der Waals surface area contributed by atoms with Crippen LogP contribution in [0.1, 0.15) is 37.7 Å². The number of nitrogens with zero attached hydrogens (tertiary/aromatic N) is 4. The minimum atomic E-state index is 0.682. The van der Waals surface area contributed by atoms with Crippen LogP contribution in [0.4, 0.5) is 17.5 Å². The molecule has 1 aromatic carbocycles. The molecule has 0 fully saturated rings. The van der Waals surface area contributed by atoms with E-state index in [2.05, 4.69) is 55.7 Å². The molecule has 4 rings (SSSR count). The number of nitrogens with one attached hydrogen (secondary N) is 1. The van der Waals surface area contributed by atoms with E-state index in [1.807, 2.05) is 0 Å². The first-order valence-electron chi connectivity index (χ1n) is 8.87. The van der Waals surface area contributed by atoms with Gasteiger partial charge in [0, 0.05) is 18.8 Å². The molecule has 1 aromatic heterocycles. The summed E-state index contributed by atoms with van der Waals surface area (Å²) in [7, 11) is 0. The normalized spacial score (nSPS) is 16.7. The first-order valence-corrected chi connectivity index (χ1v) is 8.87. The molecule has 1 N–H and O–H groups in total. The van der Waals surface area contributed by atoms with Crippen LogP contribution in [0, 0.1) is 0 Å². The summed E-state index contributed by atoms with van der Waals surface area (Å²) in [6.45, 7) is 1.82.